The van der Waals surface area contributed by atoms with Crippen LogP contribution in [0.4, 0.5) is 0 Å². The SMILES string of the molecule is Cl.NC1CN(Cc2ccccc2)CC1C(=O)O. The highest BCUT2D eigenvalue weighted by atomic mass is 35.5. The maximum atomic E-state index is 10.9. The molecule has 0 saturated carbocycles. The zero-order chi connectivity index (χ0) is 11.5. The van der Waals surface area contributed by atoms with Gasteiger partial charge < -0.3 is 10.8 Å². The highest BCUT2D eigenvalue weighted by Crippen LogP contribution is 2.18. The third-order valence-electron chi connectivity index (χ3n) is 3.01. The van der Waals surface area contributed by atoms with E-state index in [1.807, 2.05) is 30.3 Å². The zero-order valence-corrected chi connectivity index (χ0v) is 10.3. The van der Waals surface area contributed by atoms with Gasteiger partial charge in [0.25, 0.3) is 0 Å². The van der Waals surface area contributed by atoms with Gasteiger partial charge in [0, 0.05) is 25.7 Å². The Labute approximate surface area is 107 Å². The second-order valence-electron chi connectivity index (χ2n) is 4.29. The Bertz CT molecular complexity index is 372. The van der Waals surface area contributed by atoms with E-state index >= 15 is 0 Å². The Morgan fingerprint density at radius 3 is 2.53 bits per heavy atom. The summed E-state index contributed by atoms with van der Waals surface area (Å²) in [6.07, 6.45) is 0. The molecular weight excluding hydrogens is 240 g/mol. The van der Waals surface area contributed by atoms with Crippen molar-refractivity contribution in [1.82, 2.24) is 4.90 Å². The lowest BCUT2D eigenvalue weighted by Crippen LogP contribution is -2.33. The van der Waals surface area contributed by atoms with E-state index in [0.29, 0.717) is 13.1 Å². The summed E-state index contributed by atoms with van der Waals surface area (Å²) < 4.78 is 0. The van der Waals surface area contributed by atoms with Crippen LogP contribution in [0.15, 0.2) is 30.3 Å². The number of likely N-dealkylation sites (tertiary alicyclic amines) is 1. The van der Waals surface area contributed by atoms with Crippen molar-refractivity contribution in [3.05, 3.63) is 35.9 Å². The molecule has 4 nitrogen and oxygen atoms in total. The van der Waals surface area contributed by atoms with E-state index < -0.39 is 11.9 Å². The van der Waals surface area contributed by atoms with Crippen LogP contribution in [-0.2, 0) is 11.3 Å². The number of carboxylic acids is 1. The van der Waals surface area contributed by atoms with Crippen LogP contribution >= 0.6 is 12.4 Å². The molecule has 1 heterocycles. The summed E-state index contributed by atoms with van der Waals surface area (Å²) in [5.74, 6) is -1.22. The summed E-state index contributed by atoms with van der Waals surface area (Å²) in [6, 6.07) is 9.78. The minimum absolute atomic E-state index is 0. The Hall–Kier alpha value is -1.10. The topological polar surface area (TPSA) is 66.6 Å². The minimum atomic E-state index is -0.789. The predicted molar refractivity (Wildman–Crippen MR) is 68.1 cm³/mol. The van der Waals surface area contributed by atoms with Crippen molar-refractivity contribution in [2.75, 3.05) is 13.1 Å². The number of nitrogens with zero attached hydrogens (tertiary/aromatic N) is 1. The summed E-state index contributed by atoms with van der Waals surface area (Å²) in [7, 11) is 0. The second-order valence-corrected chi connectivity index (χ2v) is 4.29. The summed E-state index contributed by atoms with van der Waals surface area (Å²) >= 11 is 0. The van der Waals surface area contributed by atoms with Crippen LogP contribution in [0.3, 0.4) is 0 Å². The molecule has 1 aliphatic heterocycles. The molecule has 1 aromatic rings. The van der Waals surface area contributed by atoms with Gasteiger partial charge in [-0.05, 0) is 5.56 Å². The van der Waals surface area contributed by atoms with E-state index in [4.69, 9.17) is 10.8 Å². The van der Waals surface area contributed by atoms with E-state index in [-0.39, 0.29) is 18.4 Å². The Balaban J connectivity index is 0.00000144. The van der Waals surface area contributed by atoms with Crippen LogP contribution in [0.5, 0.6) is 0 Å². The van der Waals surface area contributed by atoms with Crippen LogP contribution in [0, 0.1) is 5.92 Å². The summed E-state index contributed by atoms with van der Waals surface area (Å²) in [5, 5.41) is 8.96. The highest BCUT2D eigenvalue weighted by molar-refractivity contribution is 5.85. The van der Waals surface area contributed by atoms with E-state index in [1.165, 1.54) is 5.56 Å². The fraction of sp³-hybridized carbons (Fsp3) is 0.417. The molecule has 0 spiro atoms. The number of carboxylic acid groups (broad SMARTS) is 1. The average molecular weight is 257 g/mol. The first-order chi connectivity index (χ1) is 7.66. The molecular formula is C12H17ClN2O2. The first-order valence-corrected chi connectivity index (χ1v) is 5.41. The van der Waals surface area contributed by atoms with Crippen LogP contribution in [0.2, 0.25) is 0 Å². The molecule has 1 fully saturated rings. The molecule has 17 heavy (non-hydrogen) atoms. The fourth-order valence-corrected chi connectivity index (χ4v) is 2.15. The maximum Gasteiger partial charge on any atom is 0.309 e. The average Bonchev–Trinajstić information content (AvgIpc) is 2.61. The number of aliphatic carboxylic acids is 1. The normalized spacial score (nSPS) is 24.3. The van der Waals surface area contributed by atoms with Gasteiger partial charge in [-0.2, -0.15) is 0 Å². The minimum Gasteiger partial charge on any atom is -0.481 e. The van der Waals surface area contributed by atoms with E-state index in [9.17, 15) is 4.79 Å². The Kier molecular flexibility index (Phi) is 4.93. The van der Waals surface area contributed by atoms with Gasteiger partial charge >= 0.3 is 5.97 Å². The lowest BCUT2D eigenvalue weighted by atomic mass is 10.1. The maximum absolute atomic E-state index is 10.9. The number of hydrogen-bond donors (Lipinski definition) is 2. The lowest BCUT2D eigenvalue weighted by molar-refractivity contribution is -0.141. The van der Waals surface area contributed by atoms with Crippen molar-refractivity contribution in [1.29, 1.82) is 0 Å². The number of carbonyl (C=O) groups is 1. The molecule has 5 heteroatoms. The summed E-state index contributed by atoms with van der Waals surface area (Å²) in [4.78, 5) is 13.0. The van der Waals surface area contributed by atoms with Gasteiger partial charge in [0.05, 0.1) is 5.92 Å². The van der Waals surface area contributed by atoms with Crippen molar-refractivity contribution in [2.24, 2.45) is 11.7 Å². The van der Waals surface area contributed by atoms with Crippen molar-refractivity contribution >= 4 is 18.4 Å². The Morgan fingerprint density at radius 1 is 1.35 bits per heavy atom. The molecule has 1 aromatic carbocycles. The number of halogens is 1. The molecule has 3 N–H and O–H groups in total. The molecule has 1 aliphatic rings. The van der Waals surface area contributed by atoms with Gasteiger partial charge in [0.15, 0.2) is 0 Å². The number of rotatable bonds is 3. The predicted octanol–water partition coefficient (Wildman–Crippen LogP) is 0.952. The molecule has 2 atom stereocenters. The zero-order valence-electron chi connectivity index (χ0n) is 9.45. The molecule has 0 radical (unpaired) electrons. The smallest absolute Gasteiger partial charge is 0.309 e. The van der Waals surface area contributed by atoms with Crippen LogP contribution in [-0.4, -0.2) is 35.1 Å². The Morgan fingerprint density at radius 2 is 2.00 bits per heavy atom. The van der Waals surface area contributed by atoms with Crippen molar-refractivity contribution in [3.8, 4) is 0 Å². The molecule has 0 aromatic heterocycles. The fourth-order valence-electron chi connectivity index (χ4n) is 2.15. The standard InChI is InChI=1S/C12H16N2O2.ClH/c13-11-8-14(7-10(11)12(15)16)6-9-4-2-1-3-5-9;/h1-5,10-11H,6-8,13H2,(H,15,16);1H. The lowest BCUT2D eigenvalue weighted by Gasteiger charge is -2.14. The van der Waals surface area contributed by atoms with E-state index in [1.54, 1.807) is 0 Å². The van der Waals surface area contributed by atoms with Crippen LogP contribution < -0.4 is 5.73 Å². The van der Waals surface area contributed by atoms with Crippen LogP contribution in [0.1, 0.15) is 5.56 Å². The van der Waals surface area contributed by atoms with Gasteiger partial charge in [0.1, 0.15) is 0 Å². The molecule has 0 amide bonds. The number of hydrogen-bond acceptors (Lipinski definition) is 3. The third-order valence-corrected chi connectivity index (χ3v) is 3.01. The van der Waals surface area contributed by atoms with Gasteiger partial charge in [-0.3, -0.25) is 9.69 Å². The second kappa shape index (κ2) is 6.00. The van der Waals surface area contributed by atoms with E-state index in [0.717, 1.165) is 6.54 Å². The van der Waals surface area contributed by atoms with E-state index in [2.05, 4.69) is 4.90 Å². The largest absolute Gasteiger partial charge is 0.481 e. The molecule has 0 bridgehead atoms. The van der Waals surface area contributed by atoms with Gasteiger partial charge in [-0.15, -0.1) is 12.4 Å². The van der Waals surface area contributed by atoms with Gasteiger partial charge in [-0.1, -0.05) is 30.3 Å². The van der Waals surface area contributed by atoms with Crippen LogP contribution in [0.25, 0.3) is 0 Å². The number of benzene rings is 1. The first-order valence-electron chi connectivity index (χ1n) is 5.41. The van der Waals surface area contributed by atoms with Gasteiger partial charge in [-0.25, -0.2) is 0 Å². The molecule has 2 rings (SSSR count). The monoisotopic (exact) mass is 256 g/mol. The van der Waals surface area contributed by atoms with Crippen molar-refractivity contribution < 1.29 is 9.90 Å². The highest BCUT2D eigenvalue weighted by Gasteiger charge is 2.34. The third kappa shape index (κ3) is 3.43. The van der Waals surface area contributed by atoms with Crippen molar-refractivity contribution in [2.45, 2.75) is 12.6 Å². The quantitative estimate of drug-likeness (QED) is 0.845. The molecule has 0 aliphatic carbocycles. The molecule has 1 saturated heterocycles. The summed E-state index contributed by atoms with van der Waals surface area (Å²) in [6.45, 7) is 1.98. The molecule has 2 unspecified atom stereocenters. The molecule has 94 valence electrons. The first kappa shape index (κ1) is 14.0. The van der Waals surface area contributed by atoms with Crippen molar-refractivity contribution in [3.63, 3.8) is 0 Å². The number of nitrogens with two attached hydrogens (primary N) is 1. The summed E-state index contributed by atoms with van der Waals surface area (Å²) in [5.41, 5.74) is 7.00. The van der Waals surface area contributed by atoms with Gasteiger partial charge in [0.2, 0.25) is 0 Å².